The number of hydrogen-bond acceptors (Lipinski definition) is 4. The van der Waals surface area contributed by atoms with Gasteiger partial charge < -0.3 is 9.73 Å². The Hall–Kier alpha value is -0.850. The summed E-state index contributed by atoms with van der Waals surface area (Å²) in [7, 11) is -3.50. The Kier molecular flexibility index (Phi) is 5.11. The maximum Gasteiger partial charge on any atom is 0.244 e. The van der Waals surface area contributed by atoms with Gasteiger partial charge in [0.05, 0.1) is 0 Å². The molecule has 2 N–H and O–H groups in total. The van der Waals surface area contributed by atoms with E-state index in [4.69, 9.17) is 4.42 Å². The minimum absolute atomic E-state index is 0.290. The average molecular weight is 314 g/mol. The first-order chi connectivity index (χ1) is 9.81. The second-order valence-corrected chi connectivity index (χ2v) is 7.89. The Morgan fingerprint density at radius 2 is 1.90 bits per heavy atom. The lowest BCUT2D eigenvalue weighted by molar-refractivity contribution is 0.491. The van der Waals surface area contributed by atoms with Gasteiger partial charge in [-0.3, -0.25) is 0 Å². The molecule has 0 amide bonds. The molecule has 1 saturated carbocycles. The van der Waals surface area contributed by atoms with Crippen LogP contribution in [0.1, 0.15) is 50.2 Å². The van der Waals surface area contributed by atoms with Crippen molar-refractivity contribution >= 4 is 10.0 Å². The summed E-state index contributed by atoms with van der Waals surface area (Å²) in [6.45, 7) is 8.59. The monoisotopic (exact) mass is 314 g/mol. The van der Waals surface area contributed by atoms with E-state index in [9.17, 15) is 8.42 Å². The van der Waals surface area contributed by atoms with Crippen molar-refractivity contribution in [1.29, 1.82) is 0 Å². The minimum atomic E-state index is -3.50. The van der Waals surface area contributed by atoms with Gasteiger partial charge in [-0.25, -0.2) is 13.1 Å². The van der Waals surface area contributed by atoms with E-state index in [1.807, 2.05) is 20.8 Å². The quantitative estimate of drug-likeness (QED) is 0.773. The third-order valence-corrected chi connectivity index (χ3v) is 5.48. The second kappa shape index (κ2) is 6.50. The Balaban J connectivity index is 2.15. The number of rotatable bonds is 8. The Morgan fingerprint density at radius 3 is 2.48 bits per heavy atom. The normalized spacial score (nSPS) is 15.9. The van der Waals surface area contributed by atoms with E-state index in [2.05, 4.69) is 10.0 Å². The van der Waals surface area contributed by atoms with Crippen LogP contribution in [0.25, 0.3) is 0 Å². The highest BCUT2D eigenvalue weighted by atomic mass is 32.2. The molecule has 1 fully saturated rings. The van der Waals surface area contributed by atoms with Gasteiger partial charge in [0.15, 0.2) is 0 Å². The molecule has 0 unspecified atom stereocenters. The molecule has 2 rings (SSSR count). The molecule has 0 aromatic carbocycles. The van der Waals surface area contributed by atoms with Crippen LogP contribution in [0.3, 0.4) is 0 Å². The molecule has 1 aromatic rings. The Bertz CT molecular complexity index is 586. The molecular formula is C15H26N2O3S. The van der Waals surface area contributed by atoms with Crippen molar-refractivity contribution in [1.82, 2.24) is 10.0 Å². The molecule has 6 heteroatoms. The fraction of sp³-hybridized carbons (Fsp3) is 0.733. The number of furan rings is 1. The van der Waals surface area contributed by atoms with Crippen LogP contribution in [-0.4, -0.2) is 21.0 Å². The molecular weight excluding hydrogens is 288 g/mol. The van der Waals surface area contributed by atoms with E-state index in [0.29, 0.717) is 35.4 Å². The molecule has 120 valence electrons. The molecule has 1 aliphatic carbocycles. The first-order valence-corrected chi connectivity index (χ1v) is 9.11. The first-order valence-electron chi connectivity index (χ1n) is 7.63. The highest BCUT2D eigenvalue weighted by molar-refractivity contribution is 7.89. The van der Waals surface area contributed by atoms with E-state index in [1.54, 1.807) is 6.92 Å². The van der Waals surface area contributed by atoms with E-state index >= 15 is 0 Å². The van der Waals surface area contributed by atoms with Gasteiger partial charge in [-0.05, 0) is 26.2 Å². The molecule has 0 saturated heterocycles. The summed E-state index contributed by atoms with van der Waals surface area (Å²) in [5.74, 6) is 1.84. The topological polar surface area (TPSA) is 71.3 Å². The summed E-state index contributed by atoms with van der Waals surface area (Å²) in [6.07, 6.45) is 3.39. The molecule has 1 heterocycles. The van der Waals surface area contributed by atoms with Gasteiger partial charge >= 0.3 is 0 Å². The smallest absolute Gasteiger partial charge is 0.244 e. The first kappa shape index (κ1) is 16.5. The fourth-order valence-electron chi connectivity index (χ4n) is 2.45. The van der Waals surface area contributed by atoms with Crippen LogP contribution >= 0.6 is 0 Å². The summed E-state index contributed by atoms with van der Waals surface area (Å²) in [5, 5.41) is 3.26. The van der Waals surface area contributed by atoms with Crippen molar-refractivity contribution in [3.05, 3.63) is 17.1 Å². The zero-order valence-electron chi connectivity index (χ0n) is 13.3. The molecule has 0 aliphatic heterocycles. The summed E-state index contributed by atoms with van der Waals surface area (Å²) in [4.78, 5) is 0.309. The molecule has 0 bridgehead atoms. The van der Waals surface area contributed by atoms with E-state index in [-0.39, 0.29) is 6.04 Å². The van der Waals surface area contributed by atoms with Crippen molar-refractivity contribution in [2.75, 3.05) is 6.54 Å². The lowest BCUT2D eigenvalue weighted by atomic mass is 10.2. The molecule has 5 nitrogen and oxygen atoms in total. The van der Waals surface area contributed by atoms with Gasteiger partial charge in [0, 0.05) is 24.7 Å². The van der Waals surface area contributed by atoms with E-state index in [0.717, 1.165) is 12.0 Å². The Morgan fingerprint density at radius 1 is 1.24 bits per heavy atom. The van der Waals surface area contributed by atoms with Gasteiger partial charge in [-0.15, -0.1) is 0 Å². The molecule has 0 radical (unpaired) electrons. The van der Waals surface area contributed by atoms with Crippen LogP contribution in [0.2, 0.25) is 0 Å². The van der Waals surface area contributed by atoms with Gasteiger partial charge in [-0.2, -0.15) is 0 Å². The molecule has 0 spiro atoms. The number of aryl methyl sites for hydroxylation is 2. The summed E-state index contributed by atoms with van der Waals surface area (Å²) >= 11 is 0. The van der Waals surface area contributed by atoms with Crippen LogP contribution in [0.4, 0.5) is 0 Å². The number of nitrogens with one attached hydrogen (secondary N) is 2. The maximum absolute atomic E-state index is 12.5. The van der Waals surface area contributed by atoms with Crippen molar-refractivity contribution in [3.8, 4) is 0 Å². The number of sulfonamides is 1. The van der Waals surface area contributed by atoms with Crippen LogP contribution in [0.5, 0.6) is 0 Å². The third-order valence-electron chi connectivity index (χ3n) is 3.82. The van der Waals surface area contributed by atoms with Gasteiger partial charge in [-0.1, -0.05) is 26.7 Å². The van der Waals surface area contributed by atoms with Crippen molar-refractivity contribution in [3.63, 3.8) is 0 Å². The highest BCUT2D eigenvalue weighted by Crippen LogP contribution is 2.32. The largest absolute Gasteiger partial charge is 0.465 e. The lowest BCUT2D eigenvalue weighted by Gasteiger charge is -2.11. The van der Waals surface area contributed by atoms with Gasteiger partial charge in [0.2, 0.25) is 10.0 Å². The van der Waals surface area contributed by atoms with Gasteiger partial charge in [0.1, 0.15) is 16.4 Å². The third kappa shape index (κ3) is 4.31. The van der Waals surface area contributed by atoms with Gasteiger partial charge in [0.25, 0.3) is 0 Å². The predicted octanol–water partition coefficient (Wildman–Crippen LogP) is 2.47. The number of hydrogen-bond donors (Lipinski definition) is 2. The zero-order chi connectivity index (χ0) is 15.6. The second-order valence-electron chi connectivity index (χ2n) is 6.19. The average Bonchev–Trinajstić information content (AvgIpc) is 3.12. The standard InChI is InChI=1S/C15H26N2O3S/c1-10(2)16-9-14-11(3)20-12(4)15(14)21(18,19)17-8-7-13-5-6-13/h10,13,16-17H,5-9H2,1-4H3. The SMILES string of the molecule is Cc1oc(C)c(S(=O)(=O)NCCC2CC2)c1CNC(C)C. The van der Waals surface area contributed by atoms with Crippen molar-refractivity contribution in [2.45, 2.75) is 64.4 Å². The molecule has 0 atom stereocenters. The van der Waals surface area contributed by atoms with Crippen molar-refractivity contribution < 1.29 is 12.8 Å². The van der Waals surface area contributed by atoms with Crippen LogP contribution in [-0.2, 0) is 16.6 Å². The zero-order valence-corrected chi connectivity index (χ0v) is 14.1. The highest BCUT2D eigenvalue weighted by Gasteiger charge is 2.27. The van der Waals surface area contributed by atoms with Crippen LogP contribution < -0.4 is 10.0 Å². The lowest BCUT2D eigenvalue weighted by Crippen LogP contribution is -2.28. The predicted molar refractivity (Wildman–Crippen MR) is 82.7 cm³/mol. The maximum atomic E-state index is 12.5. The molecule has 21 heavy (non-hydrogen) atoms. The molecule has 1 aromatic heterocycles. The Labute approximate surface area is 127 Å². The summed E-state index contributed by atoms with van der Waals surface area (Å²) in [5.41, 5.74) is 0.736. The fourth-order valence-corrected chi connectivity index (χ4v) is 3.94. The summed E-state index contributed by atoms with van der Waals surface area (Å²) < 4.78 is 33.3. The van der Waals surface area contributed by atoms with Crippen molar-refractivity contribution in [2.24, 2.45) is 5.92 Å². The van der Waals surface area contributed by atoms with E-state index in [1.165, 1.54) is 12.8 Å². The summed E-state index contributed by atoms with van der Waals surface area (Å²) in [6, 6.07) is 0.290. The van der Waals surface area contributed by atoms with Crippen LogP contribution in [0, 0.1) is 19.8 Å². The minimum Gasteiger partial charge on any atom is -0.465 e. The van der Waals surface area contributed by atoms with E-state index < -0.39 is 10.0 Å². The molecule has 1 aliphatic rings. The van der Waals surface area contributed by atoms with Crippen LogP contribution in [0.15, 0.2) is 9.31 Å².